The predicted octanol–water partition coefficient (Wildman–Crippen LogP) is 2.69. The third-order valence-corrected chi connectivity index (χ3v) is 10.7. The van der Waals surface area contributed by atoms with Crippen LogP contribution >= 0.6 is 11.3 Å². The summed E-state index contributed by atoms with van der Waals surface area (Å²) in [5, 5.41) is 31.8. The Balaban J connectivity index is 1.17. The van der Waals surface area contributed by atoms with Crippen molar-refractivity contribution in [1.29, 1.82) is 0 Å². The normalized spacial score (nSPS) is 46.5. The number of fused-ring (bicyclic) bond motifs is 1. The summed E-state index contributed by atoms with van der Waals surface area (Å²) >= 11 is 1.63. The highest BCUT2D eigenvalue weighted by atomic mass is 32.1. The minimum Gasteiger partial charge on any atom is -0.462 e. The largest absolute Gasteiger partial charge is 0.462 e. The SMILES string of the molecule is COCC1OC(Oc2ccc3sc(C4(OC)OOC45C4CC6CC(C4)CC5C6)cc3c2)C(O)C(O)C1O. The third-order valence-electron chi connectivity index (χ3n) is 9.51. The molecule has 8 rings (SSSR count). The molecule has 0 amide bonds. The summed E-state index contributed by atoms with van der Waals surface area (Å²) in [6.07, 6.45) is 0.00440. The van der Waals surface area contributed by atoms with Crippen LogP contribution in [0.4, 0.5) is 0 Å². The van der Waals surface area contributed by atoms with Gasteiger partial charge in [-0.05, 0) is 85.4 Å². The Morgan fingerprint density at radius 1 is 0.919 bits per heavy atom. The monoisotopic (exact) mass is 534 g/mol. The Morgan fingerprint density at radius 2 is 1.65 bits per heavy atom. The number of thiophene rings is 1. The fraction of sp³-hybridized carbons (Fsp3) is 0.704. The van der Waals surface area contributed by atoms with Gasteiger partial charge in [0.2, 0.25) is 6.29 Å². The van der Waals surface area contributed by atoms with E-state index in [9.17, 15) is 15.3 Å². The fourth-order valence-electron chi connectivity index (χ4n) is 8.01. The van der Waals surface area contributed by atoms with E-state index in [1.165, 1.54) is 39.2 Å². The van der Waals surface area contributed by atoms with Crippen molar-refractivity contribution in [2.45, 2.75) is 74.2 Å². The Labute approximate surface area is 219 Å². The first-order chi connectivity index (χ1) is 17.9. The van der Waals surface area contributed by atoms with Gasteiger partial charge in [0.15, 0.2) is 5.60 Å². The van der Waals surface area contributed by atoms with Crippen molar-refractivity contribution in [3.05, 3.63) is 29.1 Å². The van der Waals surface area contributed by atoms with Crippen LogP contribution in [0.25, 0.3) is 10.1 Å². The van der Waals surface area contributed by atoms with Gasteiger partial charge < -0.3 is 34.3 Å². The molecule has 1 spiro atoms. The lowest BCUT2D eigenvalue weighted by molar-refractivity contribution is -0.644. The van der Waals surface area contributed by atoms with Gasteiger partial charge in [0.25, 0.3) is 5.79 Å². The maximum Gasteiger partial charge on any atom is 0.269 e. The second kappa shape index (κ2) is 8.84. The lowest BCUT2D eigenvalue weighted by atomic mass is 9.47. The summed E-state index contributed by atoms with van der Waals surface area (Å²) in [7, 11) is 3.19. The van der Waals surface area contributed by atoms with E-state index in [0.717, 1.165) is 26.8 Å². The molecule has 2 saturated heterocycles. The van der Waals surface area contributed by atoms with Crippen molar-refractivity contribution in [3.8, 4) is 5.75 Å². The molecule has 4 saturated carbocycles. The van der Waals surface area contributed by atoms with Crippen LogP contribution in [-0.4, -0.2) is 72.5 Å². The topological polar surface area (TPSA) is 116 Å². The van der Waals surface area contributed by atoms with E-state index in [1.54, 1.807) is 24.5 Å². The molecule has 3 heterocycles. The summed E-state index contributed by atoms with van der Waals surface area (Å²) in [5.41, 5.74) is -0.442. The van der Waals surface area contributed by atoms with Crippen molar-refractivity contribution in [2.75, 3.05) is 20.8 Å². The molecule has 1 aromatic heterocycles. The Hall–Kier alpha value is -1.34. The zero-order valence-electron chi connectivity index (χ0n) is 20.9. The molecule has 3 N–H and O–H groups in total. The molecule has 9 nitrogen and oxygen atoms in total. The number of ether oxygens (including phenoxy) is 4. The van der Waals surface area contributed by atoms with Gasteiger partial charge in [-0.3, -0.25) is 0 Å². The molecule has 202 valence electrons. The maximum absolute atomic E-state index is 10.4. The van der Waals surface area contributed by atoms with Crippen LogP contribution in [0.1, 0.15) is 37.0 Å². The molecule has 0 radical (unpaired) electrons. The van der Waals surface area contributed by atoms with Crippen LogP contribution in [0.5, 0.6) is 5.75 Å². The minimum absolute atomic E-state index is 0.0597. The zero-order valence-corrected chi connectivity index (χ0v) is 21.8. The average Bonchev–Trinajstić information content (AvgIpc) is 3.28. The maximum atomic E-state index is 10.4. The molecule has 2 aromatic rings. The summed E-state index contributed by atoms with van der Waals surface area (Å²) in [4.78, 5) is 13.0. The van der Waals surface area contributed by atoms with Gasteiger partial charge in [-0.15, -0.1) is 11.3 Å². The number of benzene rings is 1. The Kier molecular flexibility index (Phi) is 5.90. The van der Waals surface area contributed by atoms with Crippen molar-refractivity contribution in [3.63, 3.8) is 0 Å². The summed E-state index contributed by atoms with van der Waals surface area (Å²) in [5.74, 6) is 2.03. The molecule has 6 fully saturated rings. The predicted molar refractivity (Wildman–Crippen MR) is 132 cm³/mol. The standard InChI is InChI=1S/C27H34O9S/c1-31-12-19-22(28)23(29)24(30)25(34-19)33-18-3-4-20-15(10-18)11-21(37-20)27(32-2)26(35-36-27)16-6-13-5-14(8-16)9-17(26)7-13/h3-4,10-11,13-14,16-17,19,22-25,28-30H,5-9,12H2,1-2H3. The molecular formula is C27H34O9S. The smallest absolute Gasteiger partial charge is 0.269 e. The first-order valence-electron chi connectivity index (χ1n) is 13.2. The van der Waals surface area contributed by atoms with Crippen molar-refractivity contribution < 1.29 is 44.0 Å². The Morgan fingerprint density at radius 3 is 2.27 bits per heavy atom. The lowest BCUT2D eigenvalue weighted by Crippen LogP contribution is -2.76. The fourth-order valence-corrected chi connectivity index (χ4v) is 9.21. The number of hydrogen-bond acceptors (Lipinski definition) is 10. The van der Waals surface area contributed by atoms with Crippen LogP contribution < -0.4 is 4.74 Å². The molecule has 6 aliphatic rings. The van der Waals surface area contributed by atoms with Crippen molar-refractivity contribution >= 4 is 21.4 Å². The molecule has 2 aliphatic heterocycles. The molecule has 1 aromatic carbocycles. The molecule has 37 heavy (non-hydrogen) atoms. The average molecular weight is 535 g/mol. The van der Waals surface area contributed by atoms with E-state index in [-0.39, 0.29) is 6.61 Å². The van der Waals surface area contributed by atoms with E-state index in [4.69, 9.17) is 28.7 Å². The van der Waals surface area contributed by atoms with E-state index in [2.05, 4.69) is 6.07 Å². The van der Waals surface area contributed by atoms with Gasteiger partial charge in [-0.1, -0.05) is 0 Å². The first-order valence-corrected chi connectivity index (χ1v) is 14.0. The number of methoxy groups -OCH3 is 2. The van der Waals surface area contributed by atoms with Crippen LogP contribution in [0, 0.1) is 23.7 Å². The van der Waals surface area contributed by atoms with Crippen molar-refractivity contribution in [1.82, 2.24) is 0 Å². The van der Waals surface area contributed by atoms with Crippen LogP contribution in [0.3, 0.4) is 0 Å². The minimum atomic E-state index is -1.41. The van der Waals surface area contributed by atoms with Gasteiger partial charge in [-0.2, -0.15) is 4.89 Å². The molecule has 6 unspecified atom stereocenters. The Bertz CT molecular complexity index is 1140. The molecule has 10 heteroatoms. The van der Waals surface area contributed by atoms with E-state index < -0.39 is 42.1 Å². The molecular weight excluding hydrogens is 500 g/mol. The lowest BCUT2D eigenvalue weighted by Gasteiger charge is -2.68. The highest BCUT2D eigenvalue weighted by molar-refractivity contribution is 7.19. The van der Waals surface area contributed by atoms with E-state index in [1.807, 2.05) is 12.1 Å². The molecule has 6 atom stereocenters. The van der Waals surface area contributed by atoms with Gasteiger partial charge in [0, 0.05) is 18.9 Å². The van der Waals surface area contributed by atoms with E-state index in [0.29, 0.717) is 17.6 Å². The van der Waals surface area contributed by atoms with Gasteiger partial charge in [0.1, 0.15) is 30.2 Å². The number of hydrogen-bond donors (Lipinski definition) is 3. The van der Waals surface area contributed by atoms with Crippen LogP contribution in [-0.2, 0) is 29.8 Å². The van der Waals surface area contributed by atoms with Gasteiger partial charge in [0.05, 0.1) is 11.5 Å². The summed E-state index contributed by atoms with van der Waals surface area (Å²) < 4.78 is 24.0. The molecule has 4 aliphatic carbocycles. The van der Waals surface area contributed by atoms with E-state index >= 15 is 0 Å². The first kappa shape index (κ1) is 24.7. The quantitative estimate of drug-likeness (QED) is 0.481. The third kappa shape index (κ3) is 3.44. The summed E-state index contributed by atoms with van der Waals surface area (Å²) in [6.45, 7) is 0.0597. The zero-order chi connectivity index (χ0) is 25.5. The highest BCUT2D eigenvalue weighted by Crippen LogP contribution is 2.70. The molecule has 4 bridgehead atoms. The number of aliphatic hydroxyl groups is 3. The second-order valence-corrected chi connectivity index (χ2v) is 12.6. The highest BCUT2D eigenvalue weighted by Gasteiger charge is 2.77. The second-order valence-electron chi connectivity index (χ2n) is 11.5. The summed E-state index contributed by atoms with van der Waals surface area (Å²) in [6, 6.07) is 7.72. The van der Waals surface area contributed by atoms with Gasteiger partial charge in [-0.25, -0.2) is 4.89 Å². The van der Waals surface area contributed by atoms with Gasteiger partial charge >= 0.3 is 0 Å². The van der Waals surface area contributed by atoms with Crippen LogP contribution in [0.15, 0.2) is 24.3 Å². The number of aliphatic hydroxyl groups excluding tert-OH is 3. The van der Waals surface area contributed by atoms with Crippen molar-refractivity contribution in [2.24, 2.45) is 23.7 Å². The number of rotatable bonds is 6. The van der Waals surface area contributed by atoms with Crippen LogP contribution in [0.2, 0.25) is 0 Å².